The zero-order valence-corrected chi connectivity index (χ0v) is 17.5. The Kier molecular flexibility index (Phi) is 7.77. The van der Waals surface area contributed by atoms with Crippen molar-refractivity contribution in [3.63, 3.8) is 0 Å². The van der Waals surface area contributed by atoms with Crippen LogP contribution in [0.3, 0.4) is 0 Å². The van der Waals surface area contributed by atoms with E-state index < -0.39 is 0 Å². The molecule has 0 radical (unpaired) electrons. The van der Waals surface area contributed by atoms with Crippen molar-refractivity contribution in [2.45, 2.75) is 47.0 Å². The fraction of sp³-hybridized carbons (Fsp3) is 0.684. The lowest BCUT2D eigenvalue weighted by molar-refractivity contribution is -0.136. The molecule has 1 fully saturated rings. The molecule has 1 saturated heterocycles. The average molecular weight is 395 g/mol. The second kappa shape index (κ2) is 9.82. The number of thiazole rings is 1. The quantitative estimate of drug-likeness (QED) is 0.771. The molecule has 0 aliphatic carbocycles. The van der Waals surface area contributed by atoms with Crippen molar-refractivity contribution in [2.75, 3.05) is 31.5 Å². The third-order valence-corrected chi connectivity index (χ3v) is 5.45. The Morgan fingerprint density at radius 1 is 1.33 bits per heavy atom. The molecule has 7 nitrogen and oxygen atoms in total. The van der Waals surface area contributed by atoms with Crippen LogP contribution in [-0.2, 0) is 9.59 Å². The van der Waals surface area contributed by atoms with E-state index in [1.165, 1.54) is 11.3 Å². The molecule has 0 spiro atoms. The fourth-order valence-corrected chi connectivity index (χ4v) is 3.99. The van der Waals surface area contributed by atoms with Gasteiger partial charge >= 0.3 is 0 Å². The summed E-state index contributed by atoms with van der Waals surface area (Å²) in [6.07, 6.45) is 2.04. The molecule has 0 bridgehead atoms. The van der Waals surface area contributed by atoms with Crippen LogP contribution in [0, 0.1) is 11.8 Å². The third kappa shape index (κ3) is 5.76. The van der Waals surface area contributed by atoms with Gasteiger partial charge in [-0.15, -0.1) is 11.3 Å². The Morgan fingerprint density at radius 3 is 2.67 bits per heavy atom. The zero-order valence-electron chi connectivity index (χ0n) is 16.7. The molecule has 1 aromatic rings. The lowest BCUT2D eigenvalue weighted by atomic mass is 9.96. The van der Waals surface area contributed by atoms with Crippen molar-refractivity contribution in [2.24, 2.45) is 11.8 Å². The van der Waals surface area contributed by atoms with Gasteiger partial charge in [-0.1, -0.05) is 13.8 Å². The molecule has 1 N–H and O–H groups in total. The summed E-state index contributed by atoms with van der Waals surface area (Å²) in [4.78, 5) is 45.1. The van der Waals surface area contributed by atoms with E-state index in [0.717, 1.165) is 12.8 Å². The number of carbonyl (C=O) groups excluding carboxylic acids is 3. The first-order chi connectivity index (χ1) is 12.8. The fourth-order valence-electron chi connectivity index (χ4n) is 3.29. The maximum atomic E-state index is 12.8. The molecule has 27 heavy (non-hydrogen) atoms. The topological polar surface area (TPSA) is 82.6 Å². The van der Waals surface area contributed by atoms with Crippen molar-refractivity contribution in [1.29, 1.82) is 0 Å². The van der Waals surface area contributed by atoms with E-state index in [-0.39, 0.29) is 29.6 Å². The van der Waals surface area contributed by atoms with Gasteiger partial charge in [0.1, 0.15) is 5.69 Å². The van der Waals surface area contributed by atoms with E-state index in [1.54, 1.807) is 10.3 Å². The van der Waals surface area contributed by atoms with Crippen LogP contribution in [0.15, 0.2) is 5.38 Å². The molecule has 0 saturated carbocycles. The molecule has 3 amide bonds. The zero-order chi connectivity index (χ0) is 20.0. The van der Waals surface area contributed by atoms with E-state index in [4.69, 9.17) is 0 Å². The number of hydrogen-bond acceptors (Lipinski definition) is 5. The highest BCUT2D eigenvalue weighted by Crippen LogP contribution is 2.23. The Morgan fingerprint density at radius 2 is 2.04 bits per heavy atom. The number of likely N-dealkylation sites (tertiary alicyclic amines) is 1. The lowest BCUT2D eigenvalue weighted by Gasteiger charge is -2.34. The van der Waals surface area contributed by atoms with Gasteiger partial charge in [0, 0.05) is 38.0 Å². The van der Waals surface area contributed by atoms with Gasteiger partial charge in [-0.25, -0.2) is 4.98 Å². The molecule has 0 aromatic carbocycles. The molecule has 1 unspecified atom stereocenters. The Hall–Kier alpha value is -1.96. The highest BCUT2D eigenvalue weighted by atomic mass is 32.1. The number of nitrogens with zero attached hydrogens (tertiary/aromatic N) is 3. The van der Waals surface area contributed by atoms with Gasteiger partial charge in [-0.05, 0) is 32.6 Å². The summed E-state index contributed by atoms with van der Waals surface area (Å²) in [5.74, 6) is -0.0302. The van der Waals surface area contributed by atoms with Gasteiger partial charge < -0.3 is 15.1 Å². The largest absolute Gasteiger partial charge is 0.343 e. The van der Waals surface area contributed by atoms with E-state index in [2.05, 4.69) is 10.3 Å². The Bertz CT molecular complexity index is 670. The molecule has 2 heterocycles. The van der Waals surface area contributed by atoms with E-state index in [9.17, 15) is 14.4 Å². The molecule has 1 atom stereocenters. The van der Waals surface area contributed by atoms with Gasteiger partial charge in [-0.2, -0.15) is 0 Å². The summed E-state index contributed by atoms with van der Waals surface area (Å²) in [6.45, 7) is 10.3. The first kappa shape index (κ1) is 21.3. The second-order valence-corrected chi connectivity index (χ2v) is 8.14. The third-order valence-electron chi connectivity index (χ3n) is 4.70. The van der Waals surface area contributed by atoms with E-state index in [0.29, 0.717) is 43.4 Å². The second-order valence-electron chi connectivity index (χ2n) is 7.28. The van der Waals surface area contributed by atoms with Crippen molar-refractivity contribution >= 4 is 34.2 Å². The Balaban J connectivity index is 1.99. The van der Waals surface area contributed by atoms with Gasteiger partial charge in [0.15, 0.2) is 5.13 Å². The summed E-state index contributed by atoms with van der Waals surface area (Å²) >= 11 is 1.25. The van der Waals surface area contributed by atoms with Gasteiger partial charge in [0.25, 0.3) is 5.91 Å². The summed E-state index contributed by atoms with van der Waals surface area (Å²) in [7, 11) is 0. The first-order valence-electron chi connectivity index (χ1n) is 9.69. The van der Waals surface area contributed by atoms with Crippen LogP contribution in [0.5, 0.6) is 0 Å². The standard InChI is InChI=1S/C19H30N4O3S/c1-5-22(6-2)17(25)14-8-7-9-23(11-14)18(26)15-12-27-19(20-15)21-16(24)10-13(3)4/h12-14H,5-11H2,1-4H3,(H,20,21,24). The summed E-state index contributed by atoms with van der Waals surface area (Å²) in [5.41, 5.74) is 0.329. The van der Waals surface area contributed by atoms with Crippen molar-refractivity contribution in [1.82, 2.24) is 14.8 Å². The maximum Gasteiger partial charge on any atom is 0.273 e. The molecule has 8 heteroatoms. The summed E-state index contributed by atoms with van der Waals surface area (Å²) < 4.78 is 0. The predicted octanol–water partition coefficient (Wildman–Crippen LogP) is 2.85. The summed E-state index contributed by atoms with van der Waals surface area (Å²) in [6, 6.07) is 0. The smallest absolute Gasteiger partial charge is 0.273 e. The molecular formula is C19H30N4O3S. The molecule has 1 aromatic heterocycles. The normalized spacial score (nSPS) is 17.1. The predicted molar refractivity (Wildman–Crippen MR) is 107 cm³/mol. The highest BCUT2D eigenvalue weighted by Gasteiger charge is 2.31. The monoisotopic (exact) mass is 394 g/mol. The SMILES string of the molecule is CCN(CC)C(=O)C1CCCN(C(=O)c2csc(NC(=O)CC(C)C)n2)C1. The number of rotatable bonds is 7. The number of hydrogen-bond donors (Lipinski definition) is 1. The maximum absolute atomic E-state index is 12.8. The molecular weight excluding hydrogens is 364 g/mol. The minimum Gasteiger partial charge on any atom is -0.343 e. The minimum atomic E-state index is -0.173. The van der Waals surface area contributed by atoms with E-state index in [1.807, 2.05) is 32.6 Å². The Labute approximate surface area is 165 Å². The number of anilines is 1. The van der Waals surface area contributed by atoms with Crippen LogP contribution in [0.25, 0.3) is 0 Å². The number of amides is 3. The molecule has 1 aliphatic heterocycles. The molecule has 150 valence electrons. The van der Waals surface area contributed by atoms with Crippen LogP contribution in [0.2, 0.25) is 0 Å². The first-order valence-corrected chi connectivity index (χ1v) is 10.6. The van der Waals surface area contributed by atoms with Gasteiger partial charge in [0.2, 0.25) is 11.8 Å². The number of aromatic nitrogens is 1. The number of carbonyl (C=O) groups is 3. The lowest BCUT2D eigenvalue weighted by Crippen LogP contribution is -2.46. The van der Waals surface area contributed by atoms with Crippen LogP contribution in [0.4, 0.5) is 5.13 Å². The van der Waals surface area contributed by atoms with Crippen LogP contribution >= 0.6 is 11.3 Å². The molecule has 2 rings (SSSR count). The van der Waals surface area contributed by atoms with Crippen molar-refractivity contribution in [3.8, 4) is 0 Å². The van der Waals surface area contributed by atoms with Crippen LogP contribution < -0.4 is 5.32 Å². The summed E-state index contributed by atoms with van der Waals surface area (Å²) in [5, 5.41) is 4.86. The number of nitrogens with one attached hydrogen (secondary N) is 1. The molecule has 1 aliphatic rings. The van der Waals surface area contributed by atoms with Gasteiger partial charge in [-0.3, -0.25) is 14.4 Å². The van der Waals surface area contributed by atoms with Crippen molar-refractivity contribution in [3.05, 3.63) is 11.1 Å². The van der Waals surface area contributed by atoms with Crippen LogP contribution in [-0.4, -0.2) is 58.7 Å². The highest BCUT2D eigenvalue weighted by molar-refractivity contribution is 7.14. The van der Waals surface area contributed by atoms with Crippen molar-refractivity contribution < 1.29 is 14.4 Å². The van der Waals surface area contributed by atoms with Gasteiger partial charge in [0.05, 0.1) is 5.92 Å². The number of piperidine rings is 1. The van der Waals surface area contributed by atoms with Crippen LogP contribution in [0.1, 0.15) is 57.4 Å². The minimum absolute atomic E-state index is 0.0961. The van der Waals surface area contributed by atoms with E-state index >= 15 is 0 Å². The average Bonchev–Trinajstić information content (AvgIpc) is 3.09.